The van der Waals surface area contributed by atoms with Crippen LogP contribution >= 0.6 is 0 Å². The summed E-state index contributed by atoms with van der Waals surface area (Å²) in [5, 5.41) is 14.7. The van der Waals surface area contributed by atoms with Crippen molar-refractivity contribution in [3.8, 4) is 0 Å². The molecule has 3 N–H and O–H groups in total. The Morgan fingerprint density at radius 1 is 1.47 bits per heavy atom. The summed E-state index contributed by atoms with van der Waals surface area (Å²) in [5.74, 6) is -1.08. The zero-order valence-corrected chi connectivity index (χ0v) is 10.8. The van der Waals surface area contributed by atoms with Crippen molar-refractivity contribution in [3.05, 3.63) is 29.8 Å². The van der Waals surface area contributed by atoms with Crippen LogP contribution in [0.2, 0.25) is 0 Å². The van der Waals surface area contributed by atoms with Gasteiger partial charge in [-0.1, -0.05) is 25.1 Å². The van der Waals surface area contributed by atoms with Gasteiger partial charge >= 0.3 is 5.97 Å². The summed E-state index contributed by atoms with van der Waals surface area (Å²) in [6.07, 6.45) is 0.703. The lowest BCUT2D eigenvalue weighted by atomic mass is 9.97. The number of amides is 1. The number of hydrogen-bond donors (Lipinski definition) is 3. The van der Waals surface area contributed by atoms with E-state index in [1.165, 1.54) is 0 Å². The summed E-state index contributed by atoms with van der Waals surface area (Å²) in [6, 6.07) is 7.09. The lowest BCUT2D eigenvalue weighted by molar-refractivity contribution is -0.141. The number of rotatable bonds is 5. The molecule has 1 heterocycles. The number of aliphatic carboxylic acids is 1. The molecule has 1 unspecified atom stereocenters. The first-order chi connectivity index (χ1) is 9.11. The maximum absolute atomic E-state index is 11.9. The Morgan fingerprint density at radius 2 is 2.21 bits per heavy atom. The SMILES string of the molecule is CC[C@H](NC(=O)CC1CNc2ccccc21)C(=O)O. The highest BCUT2D eigenvalue weighted by Crippen LogP contribution is 2.32. The Hall–Kier alpha value is -2.04. The smallest absolute Gasteiger partial charge is 0.326 e. The highest BCUT2D eigenvalue weighted by atomic mass is 16.4. The van der Waals surface area contributed by atoms with Crippen LogP contribution in [0.1, 0.15) is 31.2 Å². The minimum absolute atomic E-state index is 0.113. The van der Waals surface area contributed by atoms with Crippen molar-refractivity contribution in [2.75, 3.05) is 11.9 Å². The molecule has 0 aliphatic carbocycles. The molecule has 0 radical (unpaired) electrons. The fourth-order valence-electron chi connectivity index (χ4n) is 2.35. The van der Waals surface area contributed by atoms with Crippen LogP contribution in [0.15, 0.2) is 24.3 Å². The van der Waals surface area contributed by atoms with Crippen LogP contribution in [0.3, 0.4) is 0 Å². The van der Waals surface area contributed by atoms with Crippen molar-refractivity contribution in [1.29, 1.82) is 0 Å². The van der Waals surface area contributed by atoms with Gasteiger partial charge in [0.05, 0.1) is 0 Å². The van der Waals surface area contributed by atoms with E-state index in [9.17, 15) is 9.59 Å². The van der Waals surface area contributed by atoms with Crippen molar-refractivity contribution >= 4 is 17.6 Å². The molecule has 0 saturated heterocycles. The first-order valence-electron chi connectivity index (χ1n) is 6.46. The third-order valence-electron chi connectivity index (χ3n) is 3.41. The van der Waals surface area contributed by atoms with Crippen LogP contribution in [-0.4, -0.2) is 29.6 Å². The monoisotopic (exact) mass is 262 g/mol. The van der Waals surface area contributed by atoms with E-state index in [-0.39, 0.29) is 11.8 Å². The molecule has 0 bridgehead atoms. The molecule has 1 amide bonds. The van der Waals surface area contributed by atoms with Gasteiger partial charge in [0.25, 0.3) is 0 Å². The van der Waals surface area contributed by atoms with Crippen molar-refractivity contribution in [2.45, 2.75) is 31.7 Å². The van der Waals surface area contributed by atoms with Gasteiger partial charge in [0.15, 0.2) is 0 Å². The van der Waals surface area contributed by atoms with E-state index in [4.69, 9.17) is 5.11 Å². The number of anilines is 1. The summed E-state index contributed by atoms with van der Waals surface area (Å²) in [7, 11) is 0. The maximum Gasteiger partial charge on any atom is 0.326 e. The number of fused-ring (bicyclic) bond motifs is 1. The van der Waals surface area contributed by atoms with Gasteiger partial charge in [-0.2, -0.15) is 0 Å². The molecular formula is C14H18N2O3. The zero-order chi connectivity index (χ0) is 13.8. The summed E-state index contributed by atoms with van der Waals surface area (Å²) >= 11 is 0. The summed E-state index contributed by atoms with van der Waals surface area (Å²) in [5.41, 5.74) is 2.19. The van der Waals surface area contributed by atoms with E-state index in [1.54, 1.807) is 6.92 Å². The highest BCUT2D eigenvalue weighted by molar-refractivity contribution is 5.84. The average Bonchev–Trinajstić information content (AvgIpc) is 2.79. The molecule has 2 atom stereocenters. The van der Waals surface area contributed by atoms with E-state index in [2.05, 4.69) is 10.6 Å². The van der Waals surface area contributed by atoms with E-state index in [0.29, 0.717) is 12.8 Å². The topological polar surface area (TPSA) is 78.4 Å². The minimum Gasteiger partial charge on any atom is -0.480 e. The molecule has 0 aromatic heterocycles. The van der Waals surface area contributed by atoms with Crippen molar-refractivity contribution < 1.29 is 14.7 Å². The fraction of sp³-hybridized carbons (Fsp3) is 0.429. The van der Waals surface area contributed by atoms with Gasteiger partial charge in [0.1, 0.15) is 6.04 Å². The molecule has 1 aromatic rings. The predicted molar refractivity (Wildman–Crippen MR) is 72.1 cm³/mol. The van der Waals surface area contributed by atoms with Gasteiger partial charge in [-0.25, -0.2) is 4.79 Å². The normalized spacial score (nSPS) is 18.3. The quantitative estimate of drug-likeness (QED) is 0.752. The van der Waals surface area contributed by atoms with E-state index >= 15 is 0 Å². The van der Waals surface area contributed by atoms with Crippen LogP contribution in [-0.2, 0) is 9.59 Å². The lowest BCUT2D eigenvalue weighted by Crippen LogP contribution is -2.40. The molecule has 102 valence electrons. The van der Waals surface area contributed by atoms with Crippen molar-refractivity contribution in [1.82, 2.24) is 5.32 Å². The third kappa shape index (κ3) is 3.05. The molecule has 5 nitrogen and oxygen atoms in total. The van der Waals surface area contributed by atoms with Crippen molar-refractivity contribution in [3.63, 3.8) is 0 Å². The lowest BCUT2D eigenvalue weighted by Gasteiger charge is -2.14. The molecule has 19 heavy (non-hydrogen) atoms. The molecular weight excluding hydrogens is 244 g/mol. The summed E-state index contributed by atoms with van der Waals surface area (Å²) in [6.45, 7) is 2.46. The van der Waals surface area contributed by atoms with Gasteiger partial charge in [0, 0.05) is 24.6 Å². The summed E-state index contributed by atoms with van der Waals surface area (Å²) in [4.78, 5) is 22.8. The number of carboxylic acid groups (broad SMARTS) is 1. The second-order valence-corrected chi connectivity index (χ2v) is 4.74. The second-order valence-electron chi connectivity index (χ2n) is 4.74. The van der Waals surface area contributed by atoms with Crippen LogP contribution in [0.25, 0.3) is 0 Å². The Bertz CT molecular complexity index is 487. The number of benzene rings is 1. The molecule has 1 aliphatic heterocycles. The van der Waals surface area contributed by atoms with E-state index in [0.717, 1.165) is 17.8 Å². The van der Waals surface area contributed by atoms with Gasteiger partial charge < -0.3 is 15.7 Å². The number of carboxylic acids is 1. The zero-order valence-electron chi connectivity index (χ0n) is 10.8. The first kappa shape index (κ1) is 13.4. The largest absolute Gasteiger partial charge is 0.480 e. The molecule has 2 rings (SSSR count). The molecule has 5 heteroatoms. The Morgan fingerprint density at radius 3 is 2.89 bits per heavy atom. The molecule has 0 saturated carbocycles. The minimum atomic E-state index is -0.985. The Kier molecular flexibility index (Phi) is 4.04. The van der Waals surface area contributed by atoms with Crippen LogP contribution in [0.4, 0.5) is 5.69 Å². The Labute approximate surface area is 112 Å². The molecule has 1 aromatic carbocycles. The standard InChI is InChI=1S/C14H18N2O3/c1-2-11(14(18)19)16-13(17)7-9-8-15-12-6-4-3-5-10(9)12/h3-6,9,11,15H,2,7-8H2,1H3,(H,16,17)(H,18,19)/t9?,11-/m0/s1. The fourth-order valence-corrected chi connectivity index (χ4v) is 2.35. The molecule has 1 aliphatic rings. The highest BCUT2D eigenvalue weighted by Gasteiger charge is 2.25. The van der Waals surface area contributed by atoms with Gasteiger partial charge in [0.2, 0.25) is 5.91 Å². The van der Waals surface area contributed by atoms with Crippen LogP contribution < -0.4 is 10.6 Å². The van der Waals surface area contributed by atoms with Crippen LogP contribution in [0, 0.1) is 0 Å². The third-order valence-corrected chi connectivity index (χ3v) is 3.41. The number of hydrogen-bond acceptors (Lipinski definition) is 3. The van der Waals surface area contributed by atoms with Gasteiger partial charge in [-0.05, 0) is 18.1 Å². The van der Waals surface area contributed by atoms with Crippen molar-refractivity contribution in [2.24, 2.45) is 0 Å². The number of nitrogens with one attached hydrogen (secondary N) is 2. The Balaban J connectivity index is 1.96. The summed E-state index contributed by atoms with van der Waals surface area (Å²) < 4.78 is 0. The number of para-hydroxylation sites is 1. The number of carbonyl (C=O) groups is 2. The van der Waals surface area contributed by atoms with Gasteiger partial charge in [-0.3, -0.25) is 4.79 Å². The van der Waals surface area contributed by atoms with Crippen LogP contribution in [0.5, 0.6) is 0 Å². The molecule has 0 spiro atoms. The first-order valence-corrected chi connectivity index (χ1v) is 6.46. The average molecular weight is 262 g/mol. The number of carbonyl (C=O) groups excluding carboxylic acids is 1. The van der Waals surface area contributed by atoms with E-state index < -0.39 is 12.0 Å². The maximum atomic E-state index is 11.9. The predicted octanol–water partition coefficient (Wildman–Crippen LogP) is 1.57. The van der Waals surface area contributed by atoms with Gasteiger partial charge in [-0.15, -0.1) is 0 Å². The molecule has 0 fully saturated rings. The second kappa shape index (κ2) is 5.73. The van der Waals surface area contributed by atoms with E-state index in [1.807, 2.05) is 24.3 Å².